The van der Waals surface area contributed by atoms with E-state index in [9.17, 15) is 9.59 Å². The third-order valence-electron chi connectivity index (χ3n) is 3.16. The van der Waals surface area contributed by atoms with Gasteiger partial charge < -0.3 is 10.2 Å². The van der Waals surface area contributed by atoms with Crippen LogP contribution < -0.4 is 10.9 Å². The number of carboxylic acid groups (broad SMARTS) is 2. The summed E-state index contributed by atoms with van der Waals surface area (Å²) in [5.74, 6) is -2.17. The molecule has 0 amide bonds. The fourth-order valence-corrected chi connectivity index (χ4v) is 1.78. The maximum absolute atomic E-state index is 10.7. The van der Waals surface area contributed by atoms with E-state index in [-0.39, 0.29) is 11.4 Å². The molecule has 0 aliphatic carbocycles. The predicted molar refractivity (Wildman–Crippen MR) is 92.7 cm³/mol. The Morgan fingerprint density at radius 3 is 1.50 bits per heavy atom. The Morgan fingerprint density at radius 1 is 0.792 bits per heavy atom. The van der Waals surface area contributed by atoms with Crippen molar-refractivity contribution >= 4 is 45.5 Å². The molecule has 0 unspecified atom stereocenters. The van der Waals surface area contributed by atoms with Gasteiger partial charge in [0, 0.05) is 0 Å². The highest BCUT2D eigenvalue weighted by atomic mass is 16.4. The predicted octanol–water partition coefficient (Wildman–Crippen LogP) is 2.58. The number of carboxylic acids is 2. The first-order valence-corrected chi connectivity index (χ1v) is 6.98. The van der Waals surface area contributed by atoms with Crippen LogP contribution in [-0.2, 0) is 9.59 Å². The second kappa shape index (κ2) is 7.23. The summed E-state index contributed by atoms with van der Waals surface area (Å²) in [5.41, 5.74) is 6.61. The maximum atomic E-state index is 10.7. The number of hydrogen-bond acceptors (Lipinski definition) is 6. The Balaban J connectivity index is 2.19. The van der Waals surface area contributed by atoms with Crippen molar-refractivity contribution in [3.05, 3.63) is 36.4 Å². The lowest BCUT2D eigenvalue weighted by Gasteiger charge is -2.06. The minimum absolute atomic E-state index is 0.0405. The van der Waals surface area contributed by atoms with Crippen molar-refractivity contribution in [1.29, 1.82) is 0 Å². The average molecular weight is 328 g/mol. The Bertz CT molecular complexity index is 787. The van der Waals surface area contributed by atoms with E-state index in [1.807, 2.05) is 24.3 Å². The molecule has 8 heteroatoms. The lowest BCUT2D eigenvalue weighted by Crippen LogP contribution is -2.10. The maximum Gasteiger partial charge on any atom is 0.351 e. The van der Waals surface area contributed by atoms with Gasteiger partial charge in [-0.15, -0.1) is 0 Å². The van der Waals surface area contributed by atoms with Crippen molar-refractivity contribution in [2.24, 2.45) is 10.2 Å². The number of fused-ring (bicyclic) bond motifs is 1. The molecule has 8 nitrogen and oxygen atoms in total. The number of carbonyl (C=O) groups is 2. The number of rotatable bonds is 6. The lowest BCUT2D eigenvalue weighted by atomic mass is 10.1. The van der Waals surface area contributed by atoms with E-state index in [2.05, 4.69) is 21.1 Å². The van der Waals surface area contributed by atoms with Gasteiger partial charge in [-0.1, -0.05) is 12.1 Å². The molecule has 0 spiro atoms. The van der Waals surface area contributed by atoms with Crippen LogP contribution in [0.25, 0.3) is 10.8 Å². The zero-order valence-electron chi connectivity index (χ0n) is 13.1. The largest absolute Gasteiger partial charge is 0.477 e. The van der Waals surface area contributed by atoms with E-state index >= 15 is 0 Å². The Morgan fingerprint density at radius 2 is 1.17 bits per heavy atom. The van der Waals surface area contributed by atoms with Crippen LogP contribution in [0, 0.1) is 0 Å². The first kappa shape index (κ1) is 16.9. The van der Waals surface area contributed by atoms with Crippen molar-refractivity contribution in [1.82, 2.24) is 0 Å². The summed E-state index contributed by atoms with van der Waals surface area (Å²) in [6, 6.07) is 10.8. The van der Waals surface area contributed by atoms with E-state index in [1.54, 1.807) is 12.1 Å². The minimum Gasteiger partial charge on any atom is -0.477 e. The molecule has 0 heterocycles. The van der Waals surface area contributed by atoms with Crippen LogP contribution in [0.4, 0.5) is 11.4 Å². The molecule has 0 aliphatic rings. The summed E-state index contributed by atoms with van der Waals surface area (Å²) in [7, 11) is 0. The van der Waals surface area contributed by atoms with Gasteiger partial charge in [0.2, 0.25) is 0 Å². The van der Waals surface area contributed by atoms with Crippen LogP contribution in [0.5, 0.6) is 0 Å². The summed E-state index contributed by atoms with van der Waals surface area (Å²) >= 11 is 0. The highest BCUT2D eigenvalue weighted by Gasteiger charge is 2.03. The molecule has 4 N–H and O–H groups in total. The second-order valence-corrected chi connectivity index (χ2v) is 5.01. The van der Waals surface area contributed by atoms with E-state index < -0.39 is 11.9 Å². The third-order valence-corrected chi connectivity index (χ3v) is 3.16. The van der Waals surface area contributed by atoms with E-state index in [0.29, 0.717) is 11.4 Å². The van der Waals surface area contributed by atoms with Crippen molar-refractivity contribution in [3.63, 3.8) is 0 Å². The molecule has 124 valence electrons. The Kier molecular flexibility index (Phi) is 5.10. The molecule has 0 fully saturated rings. The number of hydrogen-bond donors (Lipinski definition) is 4. The molecule has 0 aliphatic heterocycles. The van der Waals surface area contributed by atoms with Crippen LogP contribution in [0.1, 0.15) is 13.8 Å². The Labute approximate surface area is 137 Å². The SMILES string of the molecule is C/C(=N\Nc1ccc2cc(N/N=C(\C)C(=O)O)ccc2c1)C(=O)O. The first-order valence-electron chi connectivity index (χ1n) is 6.98. The molecular weight excluding hydrogens is 312 g/mol. The van der Waals surface area contributed by atoms with Gasteiger partial charge >= 0.3 is 11.9 Å². The molecule has 0 saturated heterocycles. The molecule has 0 aromatic heterocycles. The number of anilines is 2. The van der Waals surface area contributed by atoms with Crippen molar-refractivity contribution < 1.29 is 19.8 Å². The summed E-state index contributed by atoms with van der Waals surface area (Å²) in [6.45, 7) is 2.79. The van der Waals surface area contributed by atoms with Gasteiger partial charge in [0.15, 0.2) is 0 Å². The second-order valence-electron chi connectivity index (χ2n) is 5.01. The first-order chi connectivity index (χ1) is 11.4. The van der Waals surface area contributed by atoms with Crippen LogP contribution in [-0.4, -0.2) is 33.6 Å². The van der Waals surface area contributed by atoms with Crippen LogP contribution in [0.2, 0.25) is 0 Å². The number of aliphatic carboxylic acids is 2. The molecule has 2 aromatic carbocycles. The van der Waals surface area contributed by atoms with Crippen LogP contribution in [0.15, 0.2) is 46.6 Å². The molecule has 0 radical (unpaired) electrons. The highest BCUT2D eigenvalue weighted by Crippen LogP contribution is 2.23. The summed E-state index contributed by atoms with van der Waals surface area (Å²) in [4.78, 5) is 21.4. The summed E-state index contributed by atoms with van der Waals surface area (Å²) in [5, 5.41) is 26.9. The van der Waals surface area contributed by atoms with Gasteiger partial charge in [0.25, 0.3) is 0 Å². The van der Waals surface area contributed by atoms with Crippen molar-refractivity contribution in [2.45, 2.75) is 13.8 Å². The number of hydrazone groups is 2. The number of benzene rings is 2. The molecule has 24 heavy (non-hydrogen) atoms. The fourth-order valence-electron chi connectivity index (χ4n) is 1.78. The standard InChI is InChI=1S/C16H16N4O4/c1-9(15(21)22)17-19-13-5-3-12-8-14(6-4-11(12)7-13)20-18-10(2)16(23)24/h3-8,19-20H,1-2H3,(H,21,22)(H,23,24)/b17-9+,18-10+. The van der Waals surface area contributed by atoms with Gasteiger partial charge in [-0.25, -0.2) is 9.59 Å². The van der Waals surface area contributed by atoms with E-state index in [1.165, 1.54) is 13.8 Å². The van der Waals surface area contributed by atoms with Crippen molar-refractivity contribution in [3.8, 4) is 0 Å². The zero-order valence-corrected chi connectivity index (χ0v) is 13.1. The third kappa shape index (κ3) is 4.29. The molecule has 0 bridgehead atoms. The highest BCUT2D eigenvalue weighted by molar-refractivity contribution is 6.35. The number of nitrogens with zero attached hydrogens (tertiary/aromatic N) is 2. The summed E-state index contributed by atoms with van der Waals surface area (Å²) < 4.78 is 0. The normalized spacial score (nSPS) is 12.1. The topological polar surface area (TPSA) is 123 Å². The van der Waals surface area contributed by atoms with Gasteiger partial charge in [-0.3, -0.25) is 10.9 Å². The quantitative estimate of drug-likeness (QED) is 0.477. The van der Waals surface area contributed by atoms with Crippen molar-refractivity contribution in [2.75, 3.05) is 10.9 Å². The molecule has 0 saturated carbocycles. The molecule has 0 atom stereocenters. The van der Waals surface area contributed by atoms with E-state index in [0.717, 1.165) is 10.8 Å². The van der Waals surface area contributed by atoms with Crippen LogP contribution in [0.3, 0.4) is 0 Å². The Hall–Kier alpha value is -3.42. The smallest absolute Gasteiger partial charge is 0.351 e. The van der Waals surface area contributed by atoms with Gasteiger partial charge in [0.1, 0.15) is 11.4 Å². The zero-order chi connectivity index (χ0) is 17.7. The van der Waals surface area contributed by atoms with Gasteiger partial charge in [-0.05, 0) is 48.9 Å². The molecule has 2 aromatic rings. The minimum atomic E-state index is -1.09. The van der Waals surface area contributed by atoms with Crippen LogP contribution >= 0.6 is 0 Å². The number of nitrogens with one attached hydrogen (secondary N) is 2. The van der Waals surface area contributed by atoms with E-state index in [4.69, 9.17) is 10.2 Å². The molecule has 2 rings (SSSR count). The monoisotopic (exact) mass is 328 g/mol. The summed E-state index contributed by atoms with van der Waals surface area (Å²) in [6.07, 6.45) is 0. The van der Waals surface area contributed by atoms with Gasteiger partial charge in [0.05, 0.1) is 11.4 Å². The lowest BCUT2D eigenvalue weighted by molar-refractivity contribution is -0.130. The fraction of sp³-hybridized carbons (Fsp3) is 0.125. The molecular formula is C16H16N4O4. The average Bonchev–Trinajstić information content (AvgIpc) is 2.56. The van der Waals surface area contributed by atoms with Gasteiger partial charge in [-0.2, -0.15) is 10.2 Å².